The average molecular weight is 325 g/mol. The first-order valence-corrected chi connectivity index (χ1v) is 7.99. The van der Waals surface area contributed by atoms with Gasteiger partial charge in [-0.25, -0.2) is 0 Å². The Morgan fingerprint density at radius 1 is 0.792 bits per heavy atom. The van der Waals surface area contributed by atoms with Crippen molar-refractivity contribution in [1.29, 1.82) is 0 Å². The van der Waals surface area contributed by atoms with Crippen molar-refractivity contribution in [3.63, 3.8) is 0 Å². The van der Waals surface area contributed by atoms with Gasteiger partial charge in [0.25, 0.3) is 0 Å². The van der Waals surface area contributed by atoms with Crippen LogP contribution in [0.5, 0.6) is 0 Å². The molecule has 0 bridgehead atoms. The summed E-state index contributed by atoms with van der Waals surface area (Å²) in [5.41, 5.74) is 4.70. The molecular weight excluding hydrogens is 302 g/mol. The highest BCUT2D eigenvalue weighted by Crippen LogP contribution is 2.15. The molecule has 2 amide bonds. The molecule has 0 aliphatic heterocycles. The third-order valence-corrected chi connectivity index (χ3v) is 3.73. The fourth-order valence-electron chi connectivity index (χ4n) is 2.13. The predicted molar refractivity (Wildman–Crippen MR) is 98.4 cm³/mol. The van der Waals surface area contributed by atoms with Crippen LogP contribution in [0.4, 0.5) is 17.1 Å². The van der Waals surface area contributed by atoms with Crippen LogP contribution < -0.4 is 16.0 Å². The van der Waals surface area contributed by atoms with E-state index in [-0.39, 0.29) is 18.4 Å². The second-order valence-electron chi connectivity index (χ2n) is 5.68. The van der Waals surface area contributed by atoms with E-state index < -0.39 is 0 Å². The predicted octanol–water partition coefficient (Wildman–Crippen LogP) is 3.70. The van der Waals surface area contributed by atoms with Gasteiger partial charge in [-0.1, -0.05) is 13.0 Å². The molecule has 5 nitrogen and oxygen atoms in total. The highest BCUT2D eigenvalue weighted by molar-refractivity contribution is 5.94. The summed E-state index contributed by atoms with van der Waals surface area (Å²) in [4.78, 5) is 23.3. The molecule has 0 aliphatic rings. The molecule has 0 saturated carbocycles. The van der Waals surface area contributed by atoms with Gasteiger partial charge in [0.15, 0.2) is 0 Å². The zero-order valence-corrected chi connectivity index (χ0v) is 14.3. The number of hydrogen-bond acceptors (Lipinski definition) is 3. The summed E-state index contributed by atoms with van der Waals surface area (Å²) >= 11 is 0. The van der Waals surface area contributed by atoms with Crippen LogP contribution in [0.2, 0.25) is 0 Å². The summed E-state index contributed by atoms with van der Waals surface area (Å²) in [6, 6.07) is 13.1. The van der Waals surface area contributed by atoms with E-state index in [0.717, 1.165) is 22.6 Å². The summed E-state index contributed by atoms with van der Waals surface area (Å²) in [5.74, 6) is -0.134. The lowest BCUT2D eigenvalue weighted by Gasteiger charge is -2.10. The number of carbonyl (C=O) groups excluding carboxylic acids is 2. The van der Waals surface area contributed by atoms with Crippen molar-refractivity contribution in [3.8, 4) is 0 Å². The Morgan fingerprint density at radius 3 is 2.00 bits per heavy atom. The fraction of sp³-hybridized carbons (Fsp3) is 0.263. The van der Waals surface area contributed by atoms with Crippen LogP contribution in [0, 0.1) is 13.8 Å². The normalized spacial score (nSPS) is 10.1. The zero-order chi connectivity index (χ0) is 17.5. The second-order valence-corrected chi connectivity index (χ2v) is 5.68. The summed E-state index contributed by atoms with van der Waals surface area (Å²) in [5, 5.41) is 8.71. The first-order valence-electron chi connectivity index (χ1n) is 7.99. The molecule has 2 rings (SSSR count). The van der Waals surface area contributed by atoms with E-state index in [2.05, 4.69) is 16.0 Å². The molecular formula is C19H23N3O2. The number of rotatable bonds is 6. The molecule has 0 radical (unpaired) electrons. The first-order chi connectivity index (χ1) is 11.5. The van der Waals surface area contributed by atoms with Crippen molar-refractivity contribution in [1.82, 2.24) is 0 Å². The van der Waals surface area contributed by atoms with Gasteiger partial charge in [-0.3, -0.25) is 9.59 Å². The van der Waals surface area contributed by atoms with E-state index in [0.29, 0.717) is 6.42 Å². The van der Waals surface area contributed by atoms with Crippen LogP contribution in [0.1, 0.15) is 24.5 Å². The Morgan fingerprint density at radius 2 is 1.38 bits per heavy atom. The minimum Gasteiger partial charge on any atom is -0.376 e. The minimum atomic E-state index is -0.110. The molecule has 0 saturated heterocycles. The van der Waals surface area contributed by atoms with Crippen molar-refractivity contribution in [2.45, 2.75) is 27.2 Å². The maximum Gasteiger partial charge on any atom is 0.243 e. The third-order valence-electron chi connectivity index (χ3n) is 3.73. The number of hydrogen-bond donors (Lipinski definition) is 3. The van der Waals surface area contributed by atoms with E-state index in [1.165, 1.54) is 5.56 Å². The molecule has 0 heterocycles. The Bertz CT molecular complexity index is 724. The topological polar surface area (TPSA) is 70.2 Å². The monoisotopic (exact) mass is 325 g/mol. The van der Waals surface area contributed by atoms with Gasteiger partial charge < -0.3 is 16.0 Å². The molecule has 0 atom stereocenters. The van der Waals surface area contributed by atoms with Crippen LogP contribution in [-0.4, -0.2) is 18.4 Å². The van der Waals surface area contributed by atoms with Crippen molar-refractivity contribution in [2.24, 2.45) is 0 Å². The van der Waals surface area contributed by atoms with Gasteiger partial charge in [0.05, 0.1) is 6.54 Å². The second kappa shape index (κ2) is 8.15. The van der Waals surface area contributed by atoms with E-state index in [9.17, 15) is 9.59 Å². The van der Waals surface area contributed by atoms with Crippen LogP contribution in [0.15, 0.2) is 42.5 Å². The minimum absolute atomic E-state index is 0.0246. The Kier molecular flexibility index (Phi) is 5.95. The summed E-state index contributed by atoms with van der Waals surface area (Å²) in [7, 11) is 0. The van der Waals surface area contributed by atoms with Gasteiger partial charge in [-0.05, 0) is 61.4 Å². The number of aryl methyl sites for hydroxylation is 2. The molecule has 126 valence electrons. The standard InChI is InChI=1S/C19H23N3O2/c1-4-18(23)21-16-9-7-15(8-10-16)20-12-19(24)22-17-6-5-13(2)14(3)11-17/h5-11,20H,4,12H2,1-3H3,(H,21,23)(H,22,24). The van der Waals surface area contributed by atoms with Crippen molar-refractivity contribution in [3.05, 3.63) is 53.6 Å². The molecule has 0 spiro atoms. The van der Waals surface area contributed by atoms with Gasteiger partial charge in [0.1, 0.15) is 0 Å². The van der Waals surface area contributed by atoms with Crippen LogP contribution in [0.25, 0.3) is 0 Å². The van der Waals surface area contributed by atoms with Gasteiger partial charge in [-0.15, -0.1) is 0 Å². The molecule has 0 aromatic heterocycles. The summed E-state index contributed by atoms with van der Waals surface area (Å²) < 4.78 is 0. The summed E-state index contributed by atoms with van der Waals surface area (Å²) in [6.07, 6.45) is 0.443. The lowest BCUT2D eigenvalue weighted by molar-refractivity contribution is -0.116. The molecule has 5 heteroatoms. The average Bonchev–Trinajstić information content (AvgIpc) is 2.57. The molecule has 24 heavy (non-hydrogen) atoms. The van der Waals surface area contributed by atoms with E-state index in [4.69, 9.17) is 0 Å². The fourth-order valence-corrected chi connectivity index (χ4v) is 2.13. The highest BCUT2D eigenvalue weighted by atomic mass is 16.2. The first kappa shape index (κ1) is 17.5. The quantitative estimate of drug-likeness (QED) is 0.758. The molecule has 2 aromatic rings. The lowest BCUT2D eigenvalue weighted by Crippen LogP contribution is -2.21. The molecule has 0 unspecified atom stereocenters. The van der Waals surface area contributed by atoms with Gasteiger partial charge in [-0.2, -0.15) is 0 Å². The molecule has 3 N–H and O–H groups in total. The van der Waals surface area contributed by atoms with Gasteiger partial charge in [0, 0.05) is 23.5 Å². The number of benzene rings is 2. The number of amides is 2. The number of carbonyl (C=O) groups is 2. The number of anilines is 3. The van der Waals surface area contributed by atoms with Crippen molar-refractivity contribution in [2.75, 3.05) is 22.5 Å². The maximum atomic E-state index is 12.0. The third kappa shape index (κ3) is 5.12. The maximum absolute atomic E-state index is 12.0. The van der Waals surface area contributed by atoms with E-state index in [1.807, 2.05) is 44.2 Å². The summed E-state index contributed by atoms with van der Waals surface area (Å²) in [6.45, 7) is 6.03. The van der Waals surface area contributed by atoms with Gasteiger partial charge >= 0.3 is 0 Å². The van der Waals surface area contributed by atoms with Crippen LogP contribution in [-0.2, 0) is 9.59 Å². The molecule has 0 aliphatic carbocycles. The zero-order valence-electron chi connectivity index (χ0n) is 14.3. The van der Waals surface area contributed by atoms with Crippen molar-refractivity contribution >= 4 is 28.9 Å². The highest BCUT2D eigenvalue weighted by Gasteiger charge is 2.04. The van der Waals surface area contributed by atoms with Crippen molar-refractivity contribution < 1.29 is 9.59 Å². The Labute approximate surface area is 142 Å². The van der Waals surface area contributed by atoms with Crippen LogP contribution in [0.3, 0.4) is 0 Å². The molecule has 2 aromatic carbocycles. The largest absolute Gasteiger partial charge is 0.376 e. The smallest absolute Gasteiger partial charge is 0.243 e. The number of nitrogens with one attached hydrogen (secondary N) is 3. The van der Waals surface area contributed by atoms with E-state index >= 15 is 0 Å². The van der Waals surface area contributed by atoms with E-state index in [1.54, 1.807) is 19.1 Å². The molecule has 0 fully saturated rings. The van der Waals surface area contributed by atoms with Gasteiger partial charge in [0.2, 0.25) is 11.8 Å². The van der Waals surface area contributed by atoms with Crippen LogP contribution >= 0.6 is 0 Å². The SMILES string of the molecule is CCC(=O)Nc1ccc(NCC(=O)Nc2ccc(C)c(C)c2)cc1. The lowest BCUT2D eigenvalue weighted by atomic mass is 10.1. The Hall–Kier alpha value is -2.82. The Balaban J connectivity index is 1.85.